The van der Waals surface area contributed by atoms with Crippen molar-refractivity contribution in [3.05, 3.63) is 35.9 Å². The van der Waals surface area contributed by atoms with Crippen LogP contribution in [0.15, 0.2) is 30.3 Å². The molecule has 0 bridgehead atoms. The number of hydrogen-bond acceptors (Lipinski definition) is 4. The van der Waals surface area contributed by atoms with Gasteiger partial charge in [-0.3, -0.25) is 4.90 Å². The summed E-state index contributed by atoms with van der Waals surface area (Å²) in [6, 6.07) is 11.2. The molecule has 3 aliphatic rings. The van der Waals surface area contributed by atoms with Gasteiger partial charge in [0.25, 0.3) is 0 Å². The Balaban J connectivity index is 1.37. The smallest absolute Gasteiger partial charge is 0.168 e. The van der Waals surface area contributed by atoms with Crippen molar-refractivity contribution in [3.63, 3.8) is 0 Å². The topological polar surface area (TPSA) is 30.9 Å². The molecule has 0 N–H and O–H groups in total. The molecule has 4 nitrogen and oxygen atoms in total. The maximum Gasteiger partial charge on any atom is 0.168 e. The largest absolute Gasteiger partial charge is 0.378 e. The third-order valence-electron chi connectivity index (χ3n) is 5.60. The van der Waals surface area contributed by atoms with E-state index in [4.69, 9.17) is 14.2 Å². The molecule has 2 aliphatic heterocycles. The standard InChI is InChI=1S/C19H27NO3/c1-2-4-17(5-3-1)18-15-21-11-10-20(18)14-16-6-8-19(9-7-16)22-12-13-23-19/h1-5,16,18H,6-15H2/t18-/m1/s1. The van der Waals surface area contributed by atoms with Crippen LogP contribution in [0.2, 0.25) is 0 Å². The van der Waals surface area contributed by atoms with Crippen LogP contribution < -0.4 is 0 Å². The van der Waals surface area contributed by atoms with Crippen molar-refractivity contribution >= 4 is 0 Å². The molecule has 0 unspecified atom stereocenters. The highest BCUT2D eigenvalue weighted by molar-refractivity contribution is 5.19. The first-order valence-electron chi connectivity index (χ1n) is 8.99. The molecule has 1 saturated carbocycles. The number of ether oxygens (including phenoxy) is 3. The van der Waals surface area contributed by atoms with Gasteiger partial charge in [-0.2, -0.15) is 0 Å². The van der Waals surface area contributed by atoms with Crippen LogP contribution in [0.3, 0.4) is 0 Å². The van der Waals surface area contributed by atoms with E-state index >= 15 is 0 Å². The Hall–Kier alpha value is -0.940. The lowest BCUT2D eigenvalue weighted by Crippen LogP contribution is -2.44. The van der Waals surface area contributed by atoms with Crippen molar-refractivity contribution in [2.75, 3.05) is 39.5 Å². The van der Waals surface area contributed by atoms with Gasteiger partial charge >= 0.3 is 0 Å². The third-order valence-corrected chi connectivity index (χ3v) is 5.60. The molecule has 0 aromatic heterocycles. The molecule has 1 aliphatic carbocycles. The van der Waals surface area contributed by atoms with Crippen LogP contribution >= 0.6 is 0 Å². The van der Waals surface area contributed by atoms with Gasteiger partial charge in [-0.05, 0) is 24.3 Å². The summed E-state index contributed by atoms with van der Waals surface area (Å²) in [5, 5.41) is 0. The maximum atomic E-state index is 5.85. The second-order valence-electron chi connectivity index (χ2n) is 7.05. The molecule has 1 aromatic rings. The normalized spacial score (nSPS) is 29.1. The molecule has 2 heterocycles. The summed E-state index contributed by atoms with van der Waals surface area (Å²) in [7, 11) is 0. The Morgan fingerprint density at radius 2 is 1.74 bits per heavy atom. The minimum absolute atomic E-state index is 0.236. The van der Waals surface area contributed by atoms with Crippen LogP contribution in [0.5, 0.6) is 0 Å². The Kier molecular flexibility index (Phi) is 4.67. The average molecular weight is 317 g/mol. The summed E-state index contributed by atoms with van der Waals surface area (Å²) >= 11 is 0. The van der Waals surface area contributed by atoms with Gasteiger partial charge in [0.1, 0.15) is 0 Å². The SMILES string of the molecule is c1ccc([C@H]2COCCN2CC2CCC3(CC2)OCCO3)cc1. The van der Waals surface area contributed by atoms with Crippen LogP contribution in [-0.2, 0) is 14.2 Å². The van der Waals surface area contributed by atoms with Crippen molar-refractivity contribution < 1.29 is 14.2 Å². The van der Waals surface area contributed by atoms with Gasteiger partial charge < -0.3 is 14.2 Å². The summed E-state index contributed by atoms with van der Waals surface area (Å²) in [6.45, 7) is 5.40. The summed E-state index contributed by atoms with van der Waals surface area (Å²) < 4.78 is 17.5. The molecule has 1 atom stereocenters. The molecular formula is C19H27NO3. The zero-order valence-corrected chi connectivity index (χ0v) is 13.8. The predicted molar refractivity (Wildman–Crippen MR) is 88.2 cm³/mol. The first-order valence-corrected chi connectivity index (χ1v) is 8.99. The van der Waals surface area contributed by atoms with Gasteiger partial charge in [-0.1, -0.05) is 30.3 Å². The van der Waals surface area contributed by atoms with E-state index in [0.717, 1.165) is 51.7 Å². The highest BCUT2D eigenvalue weighted by Crippen LogP contribution is 2.39. The lowest BCUT2D eigenvalue weighted by molar-refractivity contribution is -0.184. The van der Waals surface area contributed by atoms with Gasteiger partial charge in [-0.15, -0.1) is 0 Å². The van der Waals surface area contributed by atoms with Crippen LogP contribution in [0.25, 0.3) is 0 Å². The zero-order valence-electron chi connectivity index (χ0n) is 13.8. The molecule has 2 saturated heterocycles. The van der Waals surface area contributed by atoms with Crippen molar-refractivity contribution in [1.82, 2.24) is 4.90 Å². The summed E-state index contributed by atoms with van der Waals surface area (Å²) in [6.07, 6.45) is 4.52. The van der Waals surface area contributed by atoms with Gasteiger partial charge in [0.05, 0.1) is 32.5 Å². The minimum atomic E-state index is -0.236. The fourth-order valence-electron chi connectivity index (χ4n) is 4.26. The summed E-state index contributed by atoms with van der Waals surface area (Å²) in [5.41, 5.74) is 1.38. The Bertz CT molecular complexity index is 491. The highest BCUT2D eigenvalue weighted by atomic mass is 16.7. The molecule has 126 valence electrons. The maximum absolute atomic E-state index is 5.85. The Morgan fingerprint density at radius 3 is 2.48 bits per heavy atom. The Labute approximate surface area is 138 Å². The van der Waals surface area contributed by atoms with Crippen LogP contribution in [0.4, 0.5) is 0 Å². The molecule has 4 rings (SSSR count). The second-order valence-corrected chi connectivity index (χ2v) is 7.05. The van der Waals surface area contributed by atoms with E-state index in [-0.39, 0.29) is 5.79 Å². The monoisotopic (exact) mass is 317 g/mol. The van der Waals surface area contributed by atoms with Crippen molar-refractivity contribution in [1.29, 1.82) is 0 Å². The van der Waals surface area contributed by atoms with E-state index in [1.807, 2.05) is 0 Å². The zero-order chi connectivity index (χ0) is 15.5. The molecule has 4 heteroatoms. The quantitative estimate of drug-likeness (QED) is 0.857. The van der Waals surface area contributed by atoms with E-state index in [0.29, 0.717) is 6.04 Å². The first-order chi connectivity index (χ1) is 11.3. The summed E-state index contributed by atoms with van der Waals surface area (Å²) in [5.74, 6) is 0.512. The van der Waals surface area contributed by atoms with Crippen LogP contribution in [-0.4, -0.2) is 50.2 Å². The molecule has 0 amide bonds. The Morgan fingerprint density at radius 1 is 1.00 bits per heavy atom. The van der Waals surface area contributed by atoms with Gasteiger partial charge in [0.2, 0.25) is 0 Å². The summed E-state index contributed by atoms with van der Waals surface area (Å²) in [4.78, 5) is 2.62. The highest BCUT2D eigenvalue weighted by Gasteiger charge is 2.41. The minimum Gasteiger partial charge on any atom is -0.378 e. The number of benzene rings is 1. The average Bonchev–Trinajstić information content (AvgIpc) is 3.07. The van der Waals surface area contributed by atoms with Crippen molar-refractivity contribution in [2.24, 2.45) is 5.92 Å². The van der Waals surface area contributed by atoms with E-state index in [9.17, 15) is 0 Å². The number of morpholine rings is 1. The first kappa shape index (κ1) is 15.6. The lowest BCUT2D eigenvalue weighted by atomic mass is 9.84. The number of rotatable bonds is 3. The van der Waals surface area contributed by atoms with Gasteiger partial charge in [0, 0.05) is 25.9 Å². The van der Waals surface area contributed by atoms with E-state index in [1.165, 1.54) is 24.9 Å². The molecule has 1 aromatic carbocycles. The second kappa shape index (κ2) is 6.89. The van der Waals surface area contributed by atoms with E-state index in [1.54, 1.807) is 0 Å². The van der Waals surface area contributed by atoms with Gasteiger partial charge in [0.15, 0.2) is 5.79 Å². The third kappa shape index (κ3) is 3.45. The van der Waals surface area contributed by atoms with Crippen molar-refractivity contribution in [2.45, 2.75) is 37.5 Å². The predicted octanol–water partition coefficient (Wildman–Crippen LogP) is 2.99. The molecule has 0 radical (unpaired) electrons. The van der Waals surface area contributed by atoms with E-state index < -0.39 is 0 Å². The molecule has 23 heavy (non-hydrogen) atoms. The van der Waals surface area contributed by atoms with Crippen LogP contribution in [0.1, 0.15) is 37.3 Å². The lowest BCUT2D eigenvalue weighted by Gasteiger charge is -2.41. The molecule has 1 spiro atoms. The fourth-order valence-corrected chi connectivity index (χ4v) is 4.26. The van der Waals surface area contributed by atoms with Crippen LogP contribution in [0, 0.1) is 5.92 Å². The molecular weight excluding hydrogens is 290 g/mol. The number of nitrogens with zero attached hydrogens (tertiary/aromatic N) is 1. The molecule has 3 fully saturated rings. The van der Waals surface area contributed by atoms with E-state index in [2.05, 4.69) is 35.2 Å². The fraction of sp³-hybridized carbons (Fsp3) is 0.684. The number of hydrogen-bond donors (Lipinski definition) is 0. The van der Waals surface area contributed by atoms with Crippen molar-refractivity contribution in [3.8, 4) is 0 Å². The van der Waals surface area contributed by atoms with Gasteiger partial charge in [-0.25, -0.2) is 0 Å².